The minimum atomic E-state index is -0.0537. The van der Waals surface area contributed by atoms with Crippen LogP contribution in [0.2, 0.25) is 0 Å². The molecule has 5 heteroatoms. The van der Waals surface area contributed by atoms with Crippen LogP contribution in [0.5, 0.6) is 0 Å². The fourth-order valence-electron chi connectivity index (χ4n) is 1.64. The lowest BCUT2D eigenvalue weighted by molar-refractivity contribution is -0.114. The molecule has 4 nitrogen and oxygen atoms in total. The first-order valence-electron chi connectivity index (χ1n) is 5.69. The number of thiazole rings is 1. The molecular formula is C13H15N3OS. The second kappa shape index (κ2) is 6.28. The summed E-state index contributed by atoms with van der Waals surface area (Å²) >= 11 is 1.59. The highest BCUT2D eigenvalue weighted by molar-refractivity contribution is 7.07. The monoisotopic (exact) mass is 261 g/mol. The van der Waals surface area contributed by atoms with Gasteiger partial charge in [0.05, 0.1) is 11.2 Å². The van der Waals surface area contributed by atoms with Crippen molar-refractivity contribution in [3.63, 3.8) is 0 Å². The molecule has 0 unspecified atom stereocenters. The molecule has 94 valence electrons. The number of rotatable bonds is 5. The Hall–Kier alpha value is -1.72. The van der Waals surface area contributed by atoms with Gasteiger partial charge in [-0.15, -0.1) is 11.3 Å². The minimum absolute atomic E-state index is 0.0537. The van der Waals surface area contributed by atoms with Gasteiger partial charge in [-0.3, -0.25) is 4.79 Å². The summed E-state index contributed by atoms with van der Waals surface area (Å²) in [5.74, 6) is -0.0537. The third-order valence-corrected chi connectivity index (χ3v) is 3.07. The highest BCUT2D eigenvalue weighted by Gasteiger charge is 2.03. The third kappa shape index (κ3) is 3.65. The molecule has 1 aromatic heterocycles. The normalized spacial score (nSPS) is 10.3. The van der Waals surface area contributed by atoms with Gasteiger partial charge >= 0.3 is 0 Å². The minimum Gasteiger partial charge on any atom is -0.326 e. The molecule has 2 rings (SSSR count). The predicted octanol–water partition coefficient (Wildman–Crippen LogP) is 2.39. The number of nitrogens with zero attached hydrogens (tertiary/aromatic N) is 1. The summed E-state index contributed by atoms with van der Waals surface area (Å²) in [6, 6.07) is 7.78. The van der Waals surface area contributed by atoms with E-state index in [0.717, 1.165) is 23.5 Å². The van der Waals surface area contributed by atoms with Crippen LogP contribution in [0.4, 0.5) is 5.69 Å². The number of aromatic nitrogens is 1. The molecule has 0 radical (unpaired) electrons. The topological polar surface area (TPSA) is 54.0 Å². The molecule has 1 amide bonds. The van der Waals surface area contributed by atoms with E-state index in [1.165, 1.54) is 6.92 Å². The fraction of sp³-hybridized carbons (Fsp3) is 0.231. The van der Waals surface area contributed by atoms with Crippen LogP contribution in [0.25, 0.3) is 0 Å². The summed E-state index contributed by atoms with van der Waals surface area (Å²) in [7, 11) is 0. The van der Waals surface area contributed by atoms with Gasteiger partial charge in [-0.2, -0.15) is 0 Å². The summed E-state index contributed by atoms with van der Waals surface area (Å²) in [5, 5.41) is 8.16. The van der Waals surface area contributed by atoms with Crippen LogP contribution < -0.4 is 10.6 Å². The Morgan fingerprint density at radius 2 is 2.17 bits per heavy atom. The first kappa shape index (κ1) is 12.7. The maximum Gasteiger partial charge on any atom is 0.221 e. The Balaban J connectivity index is 1.94. The first-order chi connectivity index (χ1) is 8.75. The van der Waals surface area contributed by atoms with Crippen molar-refractivity contribution in [3.05, 3.63) is 46.4 Å². The Morgan fingerprint density at radius 1 is 1.33 bits per heavy atom. The van der Waals surface area contributed by atoms with Crippen LogP contribution in [0.3, 0.4) is 0 Å². The van der Waals surface area contributed by atoms with Crippen LogP contribution in [0.15, 0.2) is 35.2 Å². The second-order valence-corrected chi connectivity index (χ2v) is 4.64. The van der Waals surface area contributed by atoms with Gasteiger partial charge in [-0.05, 0) is 11.6 Å². The number of carbonyl (C=O) groups excluding carboxylic acids is 1. The Labute approximate surface area is 110 Å². The summed E-state index contributed by atoms with van der Waals surface area (Å²) in [6.07, 6.45) is 0. The van der Waals surface area contributed by atoms with Gasteiger partial charge in [0, 0.05) is 31.1 Å². The third-order valence-electron chi connectivity index (χ3n) is 2.43. The summed E-state index contributed by atoms with van der Waals surface area (Å²) in [4.78, 5) is 15.3. The van der Waals surface area contributed by atoms with Crippen molar-refractivity contribution in [1.82, 2.24) is 10.3 Å². The van der Waals surface area contributed by atoms with E-state index in [1.54, 1.807) is 11.3 Å². The average Bonchev–Trinajstić information content (AvgIpc) is 2.84. The maximum absolute atomic E-state index is 11.1. The van der Waals surface area contributed by atoms with Crippen LogP contribution in [-0.4, -0.2) is 10.9 Å². The number of hydrogen-bond donors (Lipinski definition) is 2. The molecule has 0 fully saturated rings. The Kier molecular flexibility index (Phi) is 4.44. The largest absolute Gasteiger partial charge is 0.326 e. The molecule has 0 spiro atoms. The first-order valence-corrected chi connectivity index (χ1v) is 6.63. The van der Waals surface area contributed by atoms with Crippen LogP contribution in [0, 0.1) is 0 Å². The molecule has 18 heavy (non-hydrogen) atoms. The van der Waals surface area contributed by atoms with E-state index < -0.39 is 0 Å². The molecule has 2 N–H and O–H groups in total. The van der Waals surface area contributed by atoms with Crippen LogP contribution in [-0.2, 0) is 17.9 Å². The molecule has 0 atom stereocenters. The van der Waals surface area contributed by atoms with Gasteiger partial charge in [0.2, 0.25) is 5.91 Å². The van der Waals surface area contributed by atoms with E-state index in [1.807, 2.05) is 35.2 Å². The quantitative estimate of drug-likeness (QED) is 0.869. The summed E-state index contributed by atoms with van der Waals surface area (Å²) in [5.41, 5.74) is 4.79. The van der Waals surface area contributed by atoms with E-state index in [0.29, 0.717) is 6.54 Å². The number of para-hydroxylation sites is 1. The average molecular weight is 261 g/mol. The predicted molar refractivity (Wildman–Crippen MR) is 73.4 cm³/mol. The maximum atomic E-state index is 11.1. The van der Waals surface area contributed by atoms with E-state index in [-0.39, 0.29) is 5.91 Å². The van der Waals surface area contributed by atoms with Crippen LogP contribution in [0.1, 0.15) is 18.2 Å². The van der Waals surface area contributed by atoms with Gasteiger partial charge in [-0.25, -0.2) is 4.98 Å². The van der Waals surface area contributed by atoms with Gasteiger partial charge < -0.3 is 10.6 Å². The Bertz CT molecular complexity index is 511. The van der Waals surface area contributed by atoms with Crippen molar-refractivity contribution in [3.8, 4) is 0 Å². The van der Waals surface area contributed by atoms with Crippen LogP contribution >= 0.6 is 11.3 Å². The van der Waals surface area contributed by atoms with Crippen molar-refractivity contribution in [2.75, 3.05) is 5.32 Å². The summed E-state index contributed by atoms with van der Waals surface area (Å²) in [6.45, 7) is 2.95. The van der Waals surface area contributed by atoms with Gasteiger partial charge in [0.15, 0.2) is 0 Å². The molecule has 0 saturated carbocycles. The molecule has 0 aliphatic rings. The molecular weight excluding hydrogens is 246 g/mol. The molecule has 0 aliphatic heterocycles. The zero-order valence-electron chi connectivity index (χ0n) is 10.1. The van der Waals surface area contributed by atoms with E-state index in [4.69, 9.17) is 0 Å². The molecule has 0 saturated heterocycles. The van der Waals surface area contributed by atoms with E-state index >= 15 is 0 Å². The van der Waals surface area contributed by atoms with Crippen molar-refractivity contribution in [2.45, 2.75) is 20.0 Å². The zero-order valence-corrected chi connectivity index (χ0v) is 11.0. The molecule has 1 heterocycles. The standard InChI is InChI=1S/C13H15N3OS/c1-10(17)16-13-5-3-2-4-11(13)6-14-7-12-8-18-9-15-12/h2-5,8-9,14H,6-7H2,1H3,(H,16,17). The lowest BCUT2D eigenvalue weighted by Gasteiger charge is -2.10. The molecule has 2 aromatic rings. The highest BCUT2D eigenvalue weighted by Crippen LogP contribution is 2.14. The number of anilines is 1. The zero-order chi connectivity index (χ0) is 12.8. The summed E-state index contributed by atoms with van der Waals surface area (Å²) < 4.78 is 0. The number of amides is 1. The second-order valence-electron chi connectivity index (χ2n) is 3.92. The lowest BCUT2D eigenvalue weighted by atomic mass is 10.1. The molecule has 0 aliphatic carbocycles. The van der Waals surface area contributed by atoms with E-state index in [9.17, 15) is 4.79 Å². The van der Waals surface area contributed by atoms with Gasteiger partial charge in [-0.1, -0.05) is 18.2 Å². The van der Waals surface area contributed by atoms with Crippen molar-refractivity contribution < 1.29 is 4.79 Å². The fourth-order valence-corrected chi connectivity index (χ4v) is 2.19. The van der Waals surface area contributed by atoms with Crippen molar-refractivity contribution >= 4 is 22.9 Å². The highest BCUT2D eigenvalue weighted by atomic mass is 32.1. The lowest BCUT2D eigenvalue weighted by Crippen LogP contribution is -2.15. The SMILES string of the molecule is CC(=O)Nc1ccccc1CNCc1cscn1. The van der Waals surface area contributed by atoms with E-state index in [2.05, 4.69) is 15.6 Å². The van der Waals surface area contributed by atoms with Gasteiger partial charge in [0.1, 0.15) is 0 Å². The number of nitrogens with one attached hydrogen (secondary N) is 2. The number of carbonyl (C=O) groups is 1. The Morgan fingerprint density at radius 3 is 2.89 bits per heavy atom. The molecule has 1 aromatic carbocycles. The van der Waals surface area contributed by atoms with Crippen molar-refractivity contribution in [1.29, 1.82) is 0 Å². The molecule has 0 bridgehead atoms. The van der Waals surface area contributed by atoms with Crippen molar-refractivity contribution in [2.24, 2.45) is 0 Å². The van der Waals surface area contributed by atoms with Gasteiger partial charge in [0.25, 0.3) is 0 Å². The number of benzene rings is 1. The number of hydrogen-bond acceptors (Lipinski definition) is 4. The smallest absolute Gasteiger partial charge is 0.221 e.